The minimum absolute atomic E-state index is 0.170. The second-order valence-corrected chi connectivity index (χ2v) is 4.44. The fourth-order valence-corrected chi connectivity index (χ4v) is 2.67. The van der Waals surface area contributed by atoms with Crippen LogP contribution in [0.2, 0.25) is 0 Å². The highest BCUT2D eigenvalue weighted by molar-refractivity contribution is 5.66. The highest BCUT2D eigenvalue weighted by Crippen LogP contribution is 2.45. The Balaban J connectivity index is 1.81. The summed E-state index contributed by atoms with van der Waals surface area (Å²) in [7, 11) is 0. The van der Waals surface area contributed by atoms with Crippen LogP contribution >= 0.6 is 0 Å². The Morgan fingerprint density at radius 1 is 1.44 bits per heavy atom. The first kappa shape index (κ1) is 10.1. The number of ether oxygens (including phenoxy) is 1. The van der Waals surface area contributed by atoms with Crippen LogP contribution in [-0.4, -0.2) is 25.9 Å². The van der Waals surface area contributed by atoms with E-state index in [2.05, 4.69) is 41.4 Å². The highest BCUT2D eigenvalue weighted by atomic mass is 16.5. The van der Waals surface area contributed by atoms with Crippen LogP contribution < -0.4 is 10.2 Å². The normalized spacial score (nSPS) is 26.9. The van der Waals surface area contributed by atoms with Crippen LogP contribution in [-0.2, 0) is 4.74 Å². The lowest BCUT2D eigenvalue weighted by Crippen LogP contribution is -2.58. The molecular weight excluding hydrogens is 200 g/mol. The van der Waals surface area contributed by atoms with Crippen LogP contribution in [0.1, 0.15) is 24.9 Å². The summed E-state index contributed by atoms with van der Waals surface area (Å²) in [5.74, 6) is 0. The number of rotatable bonds is 3. The van der Waals surface area contributed by atoms with Crippen molar-refractivity contribution in [3.63, 3.8) is 0 Å². The number of anilines is 1. The molecule has 0 spiro atoms. The number of hydrogen-bond acceptors (Lipinski definition) is 3. The largest absolute Gasteiger partial charge is 0.361 e. The first-order chi connectivity index (χ1) is 7.92. The van der Waals surface area contributed by atoms with Crippen LogP contribution in [0.3, 0.4) is 0 Å². The van der Waals surface area contributed by atoms with Gasteiger partial charge in [-0.15, -0.1) is 0 Å². The van der Waals surface area contributed by atoms with Gasteiger partial charge in [-0.05, 0) is 12.5 Å². The lowest BCUT2D eigenvalue weighted by molar-refractivity contribution is -0.00362. The van der Waals surface area contributed by atoms with Crippen LogP contribution in [0.15, 0.2) is 24.3 Å². The molecule has 0 aromatic heterocycles. The average Bonchev–Trinajstić information content (AvgIpc) is 2.33. The first-order valence-electron chi connectivity index (χ1n) is 6.12. The Hall–Kier alpha value is -1.06. The Bertz CT molecular complexity index is 380. The number of piperazine rings is 1. The van der Waals surface area contributed by atoms with E-state index in [-0.39, 0.29) is 6.23 Å². The van der Waals surface area contributed by atoms with Crippen molar-refractivity contribution in [1.29, 1.82) is 0 Å². The molecule has 16 heavy (non-hydrogen) atoms. The van der Waals surface area contributed by atoms with Gasteiger partial charge >= 0.3 is 0 Å². The second kappa shape index (κ2) is 4.07. The lowest BCUT2D eigenvalue weighted by Gasteiger charge is -2.51. The molecule has 1 aromatic rings. The number of benzene rings is 1. The number of para-hydroxylation sites is 1. The molecule has 0 saturated carbocycles. The van der Waals surface area contributed by atoms with Crippen molar-refractivity contribution < 1.29 is 4.74 Å². The average molecular weight is 218 g/mol. The van der Waals surface area contributed by atoms with Gasteiger partial charge in [0.05, 0.1) is 6.04 Å². The van der Waals surface area contributed by atoms with Crippen molar-refractivity contribution in [3.8, 4) is 0 Å². The fourth-order valence-electron chi connectivity index (χ4n) is 2.67. The second-order valence-electron chi connectivity index (χ2n) is 4.44. The van der Waals surface area contributed by atoms with E-state index in [0.29, 0.717) is 6.04 Å². The van der Waals surface area contributed by atoms with Gasteiger partial charge in [-0.2, -0.15) is 0 Å². The van der Waals surface area contributed by atoms with Gasteiger partial charge in [-0.1, -0.05) is 25.1 Å². The van der Waals surface area contributed by atoms with E-state index in [1.165, 1.54) is 11.3 Å². The third-order valence-corrected chi connectivity index (χ3v) is 3.39. The molecule has 3 rings (SSSR count). The molecule has 0 bridgehead atoms. The van der Waals surface area contributed by atoms with E-state index in [9.17, 15) is 0 Å². The molecule has 2 aliphatic rings. The zero-order valence-electron chi connectivity index (χ0n) is 9.65. The molecule has 86 valence electrons. The van der Waals surface area contributed by atoms with Crippen molar-refractivity contribution in [2.24, 2.45) is 0 Å². The minimum atomic E-state index is 0.170. The molecule has 1 fully saturated rings. The van der Waals surface area contributed by atoms with E-state index >= 15 is 0 Å². The molecule has 2 atom stereocenters. The standard InChI is InChI=1S/C13H18N2O/c1-2-9-16-13-12-10-5-3-4-6-11(10)15(12)8-7-14-13/h3-6,12-14H,2,7-9H2,1H3. The number of fused-ring (bicyclic) bond motifs is 4. The predicted octanol–water partition coefficient (Wildman–Crippen LogP) is 1.90. The third kappa shape index (κ3) is 1.43. The zero-order valence-corrected chi connectivity index (χ0v) is 9.65. The Morgan fingerprint density at radius 2 is 2.31 bits per heavy atom. The maximum atomic E-state index is 5.87. The molecule has 1 saturated heterocycles. The van der Waals surface area contributed by atoms with E-state index in [1.54, 1.807) is 0 Å². The highest BCUT2D eigenvalue weighted by Gasteiger charge is 2.42. The van der Waals surface area contributed by atoms with Gasteiger partial charge in [-0.3, -0.25) is 5.32 Å². The Labute approximate surface area is 96.4 Å². The zero-order chi connectivity index (χ0) is 11.0. The van der Waals surface area contributed by atoms with Gasteiger partial charge < -0.3 is 9.64 Å². The summed E-state index contributed by atoms with van der Waals surface area (Å²) in [6.07, 6.45) is 1.25. The molecule has 2 unspecified atom stereocenters. The summed E-state index contributed by atoms with van der Waals surface area (Å²) in [4.78, 5) is 2.45. The van der Waals surface area contributed by atoms with Crippen molar-refractivity contribution in [1.82, 2.24) is 5.32 Å². The SMILES string of the molecule is CCCOC1NCCN2c3ccccc3C12. The quantitative estimate of drug-likeness (QED) is 0.838. The Morgan fingerprint density at radius 3 is 3.19 bits per heavy atom. The maximum absolute atomic E-state index is 5.87. The van der Waals surface area contributed by atoms with E-state index < -0.39 is 0 Å². The van der Waals surface area contributed by atoms with Gasteiger partial charge in [0, 0.05) is 30.9 Å². The molecule has 0 aliphatic carbocycles. The number of nitrogens with one attached hydrogen (secondary N) is 1. The third-order valence-electron chi connectivity index (χ3n) is 3.39. The van der Waals surface area contributed by atoms with Gasteiger partial charge in [0.25, 0.3) is 0 Å². The molecule has 3 nitrogen and oxygen atoms in total. The maximum Gasteiger partial charge on any atom is 0.133 e. The molecule has 1 N–H and O–H groups in total. The molecule has 0 amide bonds. The van der Waals surface area contributed by atoms with Gasteiger partial charge in [0.1, 0.15) is 6.23 Å². The molecule has 3 heteroatoms. The van der Waals surface area contributed by atoms with E-state index in [1.807, 2.05) is 0 Å². The summed E-state index contributed by atoms with van der Waals surface area (Å²) >= 11 is 0. The van der Waals surface area contributed by atoms with Crippen LogP contribution in [0, 0.1) is 0 Å². The van der Waals surface area contributed by atoms with Gasteiger partial charge in [-0.25, -0.2) is 0 Å². The summed E-state index contributed by atoms with van der Waals surface area (Å²) in [6.45, 7) is 5.09. The topological polar surface area (TPSA) is 24.5 Å². The molecule has 2 heterocycles. The monoisotopic (exact) mass is 218 g/mol. The molecule has 2 aliphatic heterocycles. The fraction of sp³-hybridized carbons (Fsp3) is 0.538. The molecule has 0 radical (unpaired) electrons. The van der Waals surface area contributed by atoms with Crippen LogP contribution in [0.25, 0.3) is 0 Å². The number of nitrogens with zero attached hydrogens (tertiary/aromatic N) is 1. The van der Waals surface area contributed by atoms with Crippen molar-refractivity contribution in [3.05, 3.63) is 29.8 Å². The van der Waals surface area contributed by atoms with Crippen LogP contribution in [0.4, 0.5) is 5.69 Å². The van der Waals surface area contributed by atoms with E-state index in [4.69, 9.17) is 4.74 Å². The smallest absolute Gasteiger partial charge is 0.133 e. The summed E-state index contributed by atoms with van der Waals surface area (Å²) in [6, 6.07) is 9.07. The van der Waals surface area contributed by atoms with Crippen LogP contribution in [0.5, 0.6) is 0 Å². The van der Waals surface area contributed by atoms with Crippen molar-refractivity contribution >= 4 is 5.69 Å². The summed E-state index contributed by atoms with van der Waals surface area (Å²) < 4.78 is 5.87. The minimum Gasteiger partial charge on any atom is -0.361 e. The van der Waals surface area contributed by atoms with Gasteiger partial charge in [0.15, 0.2) is 0 Å². The predicted molar refractivity (Wildman–Crippen MR) is 64.6 cm³/mol. The first-order valence-corrected chi connectivity index (χ1v) is 6.12. The molecular formula is C13H18N2O. The Kier molecular flexibility index (Phi) is 2.58. The van der Waals surface area contributed by atoms with Gasteiger partial charge in [0.2, 0.25) is 0 Å². The van der Waals surface area contributed by atoms with Crippen molar-refractivity contribution in [2.45, 2.75) is 25.6 Å². The van der Waals surface area contributed by atoms with Crippen molar-refractivity contribution in [2.75, 3.05) is 24.6 Å². The number of hydrogen-bond donors (Lipinski definition) is 1. The summed E-state index contributed by atoms with van der Waals surface area (Å²) in [5.41, 5.74) is 2.81. The lowest BCUT2D eigenvalue weighted by atomic mass is 9.90. The van der Waals surface area contributed by atoms with E-state index in [0.717, 1.165) is 26.1 Å². The summed E-state index contributed by atoms with van der Waals surface area (Å²) in [5, 5.41) is 3.46. The molecule has 1 aromatic carbocycles.